The van der Waals surface area contributed by atoms with Crippen molar-refractivity contribution in [2.75, 3.05) is 24.7 Å². The van der Waals surface area contributed by atoms with E-state index in [-0.39, 0.29) is 18.8 Å². The summed E-state index contributed by atoms with van der Waals surface area (Å²) < 4.78 is 5.44. The van der Waals surface area contributed by atoms with Crippen LogP contribution in [-0.2, 0) is 4.74 Å². The van der Waals surface area contributed by atoms with Crippen molar-refractivity contribution in [3.63, 3.8) is 0 Å². The van der Waals surface area contributed by atoms with Crippen molar-refractivity contribution in [3.8, 4) is 6.07 Å². The molecule has 1 aromatic rings. The fourth-order valence-corrected chi connectivity index (χ4v) is 1.85. The Morgan fingerprint density at radius 3 is 3.24 bits per heavy atom. The van der Waals surface area contributed by atoms with Crippen molar-refractivity contribution in [1.82, 2.24) is 10.2 Å². The molecule has 1 fully saturated rings. The molecule has 1 aliphatic rings. The molecule has 2 atom stereocenters. The molecule has 6 nitrogen and oxygen atoms in total. The van der Waals surface area contributed by atoms with Gasteiger partial charge in [0.15, 0.2) is 5.82 Å². The second-order valence-electron chi connectivity index (χ2n) is 4.02. The lowest BCUT2D eigenvalue weighted by molar-refractivity contribution is -0.0106. The molecule has 0 radical (unpaired) electrons. The predicted octanol–water partition coefficient (Wildman–Crippen LogP) is -0.0657. The summed E-state index contributed by atoms with van der Waals surface area (Å²) in [5, 5.41) is 26.0. The summed E-state index contributed by atoms with van der Waals surface area (Å²) in [6.07, 6.45) is 1.26. The molecule has 6 heteroatoms. The molecule has 0 spiro atoms. The Balaban J connectivity index is 2.28. The Bertz CT molecular complexity index is 432. The molecule has 1 saturated heterocycles. The Labute approximate surface area is 99.4 Å². The fraction of sp³-hybridized carbons (Fsp3) is 0.545. The highest BCUT2D eigenvalue weighted by Gasteiger charge is 2.28. The third-order valence-electron chi connectivity index (χ3n) is 2.80. The van der Waals surface area contributed by atoms with Crippen LogP contribution in [0.2, 0.25) is 0 Å². The second-order valence-corrected chi connectivity index (χ2v) is 4.02. The van der Waals surface area contributed by atoms with E-state index in [2.05, 4.69) is 16.3 Å². The molecular formula is C11H14N4O2. The van der Waals surface area contributed by atoms with Crippen LogP contribution >= 0.6 is 0 Å². The minimum absolute atomic E-state index is 0.0363. The Hall–Kier alpha value is -1.71. The second kappa shape index (κ2) is 5.08. The van der Waals surface area contributed by atoms with Crippen molar-refractivity contribution in [1.29, 1.82) is 5.26 Å². The van der Waals surface area contributed by atoms with Crippen molar-refractivity contribution in [2.45, 2.75) is 19.1 Å². The monoisotopic (exact) mass is 234 g/mol. The lowest BCUT2D eigenvalue weighted by Gasteiger charge is -2.38. The summed E-state index contributed by atoms with van der Waals surface area (Å²) in [6.45, 7) is 2.98. The van der Waals surface area contributed by atoms with Gasteiger partial charge in [0.25, 0.3) is 0 Å². The third kappa shape index (κ3) is 2.35. The van der Waals surface area contributed by atoms with E-state index in [1.807, 2.05) is 11.8 Å². The molecule has 90 valence electrons. The Morgan fingerprint density at radius 2 is 2.53 bits per heavy atom. The zero-order chi connectivity index (χ0) is 12.3. The molecule has 0 bridgehead atoms. The minimum atomic E-state index is -0.236. The highest BCUT2D eigenvalue weighted by atomic mass is 16.5. The first kappa shape index (κ1) is 11.8. The summed E-state index contributed by atoms with van der Waals surface area (Å²) in [6, 6.07) is 3.85. The fourth-order valence-electron chi connectivity index (χ4n) is 1.85. The van der Waals surface area contributed by atoms with Crippen LogP contribution in [0.3, 0.4) is 0 Å². The van der Waals surface area contributed by atoms with Crippen molar-refractivity contribution < 1.29 is 9.84 Å². The normalized spacial score (nSPS) is 24.4. The lowest BCUT2D eigenvalue weighted by Crippen LogP contribution is -2.50. The topological polar surface area (TPSA) is 82.3 Å². The first-order valence-corrected chi connectivity index (χ1v) is 5.47. The molecule has 17 heavy (non-hydrogen) atoms. The first-order chi connectivity index (χ1) is 8.26. The smallest absolute Gasteiger partial charge is 0.169 e. The summed E-state index contributed by atoms with van der Waals surface area (Å²) in [4.78, 5) is 1.95. The van der Waals surface area contributed by atoms with Crippen LogP contribution in [0.4, 0.5) is 5.82 Å². The quantitative estimate of drug-likeness (QED) is 0.771. The van der Waals surface area contributed by atoms with Gasteiger partial charge in [0.1, 0.15) is 6.07 Å². The van der Waals surface area contributed by atoms with Gasteiger partial charge in [0, 0.05) is 6.54 Å². The van der Waals surface area contributed by atoms with E-state index < -0.39 is 0 Å². The average molecular weight is 234 g/mol. The van der Waals surface area contributed by atoms with E-state index in [9.17, 15) is 0 Å². The third-order valence-corrected chi connectivity index (χ3v) is 2.80. The van der Waals surface area contributed by atoms with Crippen molar-refractivity contribution >= 4 is 5.82 Å². The van der Waals surface area contributed by atoms with Crippen LogP contribution in [0, 0.1) is 11.3 Å². The van der Waals surface area contributed by atoms with Crippen LogP contribution in [-0.4, -0.2) is 47.2 Å². The molecule has 0 aliphatic carbocycles. The largest absolute Gasteiger partial charge is 0.394 e. The molecule has 0 saturated carbocycles. The van der Waals surface area contributed by atoms with E-state index in [1.54, 1.807) is 6.07 Å². The summed E-state index contributed by atoms with van der Waals surface area (Å²) in [7, 11) is 0. The predicted molar refractivity (Wildman–Crippen MR) is 60.4 cm³/mol. The van der Waals surface area contributed by atoms with Gasteiger partial charge in [-0.25, -0.2) is 0 Å². The minimum Gasteiger partial charge on any atom is -0.394 e. The van der Waals surface area contributed by atoms with E-state index in [0.29, 0.717) is 24.5 Å². The van der Waals surface area contributed by atoms with Crippen LogP contribution < -0.4 is 4.90 Å². The Morgan fingerprint density at radius 1 is 1.71 bits per heavy atom. The number of aliphatic hydroxyl groups is 1. The maximum Gasteiger partial charge on any atom is 0.169 e. The number of hydrogen-bond donors (Lipinski definition) is 1. The van der Waals surface area contributed by atoms with Gasteiger partial charge in [-0.3, -0.25) is 0 Å². The van der Waals surface area contributed by atoms with Crippen molar-refractivity contribution in [3.05, 3.63) is 17.8 Å². The zero-order valence-corrected chi connectivity index (χ0v) is 9.58. The van der Waals surface area contributed by atoms with E-state index in [1.165, 1.54) is 6.20 Å². The van der Waals surface area contributed by atoms with E-state index in [0.717, 1.165) is 0 Å². The molecule has 2 heterocycles. The van der Waals surface area contributed by atoms with Gasteiger partial charge in [0.2, 0.25) is 0 Å². The summed E-state index contributed by atoms with van der Waals surface area (Å²) in [5.41, 5.74) is 0.491. The maximum absolute atomic E-state index is 9.12. The number of aromatic nitrogens is 2. The van der Waals surface area contributed by atoms with Crippen molar-refractivity contribution in [2.24, 2.45) is 0 Å². The molecule has 0 amide bonds. The van der Waals surface area contributed by atoms with Gasteiger partial charge in [-0.1, -0.05) is 0 Å². The van der Waals surface area contributed by atoms with Gasteiger partial charge >= 0.3 is 0 Å². The molecular weight excluding hydrogens is 220 g/mol. The highest BCUT2D eigenvalue weighted by molar-refractivity contribution is 5.53. The Kier molecular flexibility index (Phi) is 3.52. The summed E-state index contributed by atoms with van der Waals surface area (Å²) >= 11 is 0. The lowest BCUT2D eigenvalue weighted by atomic mass is 10.1. The first-order valence-electron chi connectivity index (χ1n) is 5.47. The van der Waals surface area contributed by atoms with E-state index in [4.69, 9.17) is 15.1 Å². The van der Waals surface area contributed by atoms with E-state index >= 15 is 0 Å². The van der Waals surface area contributed by atoms with Crippen LogP contribution in [0.1, 0.15) is 12.5 Å². The number of anilines is 1. The maximum atomic E-state index is 9.12. The van der Waals surface area contributed by atoms with Crippen LogP contribution in [0.15, 0.2) is 12.3 Å². The SMILES string of the molecule is CC1COC(CO)CN1c1nnccc1C#N. The van der Waals surface area contributed by atoms with Crippen LogP contribution in [0.5, 0.6) is 0 Å². The number of aliphatic hydroxyl groups excluding tert-OH is 1. The highest BCUT2D eigenvalue weighted by Crippen LogP contribution is 2.22. The molecule has 2 rings (SSSR count). The number of rotatable bonds is 2. The van der Waals surface area contributed by atoms with Crippen LogP contribution in [0.25, 0.3) is 0 Å². The average Bonchev–Trinajstić information content (AvgIpc) is 2.39. The van der Waals surface area contributed by atoms with Gasteiger partial charge in [-0.05, 0) is 13.0 Å². The number of ether oxygens (including phenoxy) is 1. The van der Waals surface area contributed by atoms with Gasteiger partial charge in [-0.2, -0.15) is 10.4 Å². The number of nitriles is 1. The molecule has 1 aliphatic heterocycles. The molecule has 0 aromatic carbocycles. The van der Waals surface area contributed by atoms with Gasteiger partial charge < -0.3 is 14.7 Å². The standard InChI is InChI=1S/C11H14N4O2/c1-8-7-17-10(6-16)5-15(8)11-9(4-12)2-3-13-14-11/h2-3,8,10,16H,5-7H2,1H3. The number of hydrogen-bond acceptors (Lipinski definition) is 6. The van der Waals surface area contributed by atoms with Gasteiger partial charge in [-0.15, -0.1) is 5.10 Å². The number of nitrogens with zero attached hydrogens (tertiary/aromatic N) is 4. The zero-order valence-electron chi connectivity index (χ0n) is 9.58. The molecule has 1 N–H and O–H groups in total. The molecule has 2 unspecified atom stereocenters. The number of morpholine rings is 1. The molecule has 1 aromatic heterocycles. The summed E-state index contributed by atoms with van der Waals surface area (Å²) in [5.74, 6) is 0.559. The van der Waals surface area contributed by atoms with Gasteiger partial charge in [0.05, 0.1) is 37.1 Å².